The number of para-hydroxylation sites is 2. The summed E-state index contributed by atoms with van der Waals surface area (Å²) in [5, 5.41) is 12.3. The van der Waals surface area contributed by atoms with Crippen LogP contribution in [-0.2, 0) is 14.6 Å². The molecule has 0 radical (unpaired) electrons. The van der Waals surface area contributed by atoms with Crippen molar-refractivity contribution < 1.29 is 23.1 Å². The number of carbonyl (C=O) groups excluding carboxylic acids is 1. The summed E-state index contributed by atoms with van der Waals surface area (Å²) < 4.78 is 28.2. The number of aromatic hydroxyl groups is 1. The number of rotatable bonds is 5. The summed E-state index contributed by atoms with van der Waals surface area (Å²) in [5.41, 5.74) is 0.288. The molecule has 2 rings (SSSR count). The fourth-order valence-electron chi connectivity index (χ4n) is 2.43. The van der Waals surface area contributed by atoms with Crippen LogP contribution in [0.2, 0.25) is 0 Å². The number of hydrogen-bond donors (Lipinski definition) is 2. The van der Waals surface area contributed by atoms with Crippen LogP contribution in [0, 0.1) is 0 Å². The number of urea groups is 1. The van der Waals surface area contributed by atoms with Crippen molar-refractivity contribution >= 4 is 21.6 Å². The SMILES string of the molecule is COCCN(C(=O)Nc1ccccc1O)C1CCS(=O)(=O)C1. The molecule has 0 aromatic heterocycles. The van der Waals surface area contributed by atoms with E-state index in [1.807, 2.05) is 0 Å². The van der Waals surface area contributed by atoms with E-state index in [-0.39, 0.29) is 35.5 Å². The maximum Gasteiger partial charge on any atom is 0.322 e. The molecule has 1 aliphatic heterocycles. The third-order valence-corrected chi connectivity index (χ3v) is 5.34. The van der Waals surface area contributed by atoms with E-state index in [1.54, 1.807) is 18.2 Å². The van der Waals surface area contributed by atoms with Crippen LogP contribution < -0.4 is 5.32 Å². The quantitative estimate of drug-likeness (QED) is 0.788. The van der Waals surface area contributed by atoms with Crippen molar-refractivity contribution in [2.24, 2.45) is 0 Å². The van der Waals surface area contributed by atoms with Crippen molar-refractivity contribution in [1.82, 2.24) is 4.90 Å². The standard InChI is InChI=1S/C14H20N2O5S/c1-21-8-7-16(11-6-9-22(19,20)10-11)14(18)15-12-4-2-3-5-13(12)17/h2-5,11,17H,6-10H2,1H3,(H,15,18). The highest BCUT2D eigenvalue weighted by Crippen LogP contribution is 2.23. The molecular formula is C14H20N2O5S. The normalized spacial score (nSPS) is 19.8. The number of carbonyl (C=O) groups is 1. The van der Waals surface area contributed by atoms with Gasteiger partial charge in [0, 0.05) is 19.7 Å². The molecule has 22 heavy (non-hydrogen) atoms. The monoisotopic (exact) mass is 328 g/mol. The first kappa shape index (κ1) is 16.6. The van der Waals surface area contributed by atoms with Crippen molar-refractivity contribution in [3.05, 3.63) is 24.3 Å². The molecule has 1 unspecified atom stereocenters. The lowest BCUT2D eigenvalue weighted by atomic mass is 10.2. The molecule has 1 fully saturated rings. The lowest BCUT2D eigenvalue weighted by Crippen LogP contribution is -2.45. The molecule has 8 heteroatoms. The van der Waals surface area contributed by atoms with E-state index < -0.39 is 15.9 Å². The molecule has 1 atom stereocenters. The molecule has 1 aliphatic rings. The number of methoxy groups -OCH3 is 1. The molecule has 1 aromatic carbocycles. The fourth-order valence-corrected chi connectivity index (χ4v) is 4.16. The minimum absolute atomic E-state index is 0.0368. The van der Waals surface area contributed by atoms with Gasteiger partial charge >= 0.3 is 6.03 Å². The molecule has 1 heterocycles. The lowest BCUT2D eigenvalue weighted by Gasteiger charge is -2.28. The molecule has 0 saturated carbocycles. The number of anilines is 1. The van der Waals surface area contributed by atoms with Gasteiger partial charge in [0.1, 0.15) is 5.75 Å². The van der Waals surface area contributed by atoms with Crippen molar-refractivity contribution in [1.29, 1.82) is 0 Å². The molecule has 122 valence electrons. The van der Waals surface area contributed by atoms with Crippen LogP contribution in [0.3, 0.4) is 0 Å². The Balaban J connectivity index is 2.11. The van der Waals surface area contributed by atoms with Gasteiger partial charge in [0.25, 0.3) is 0 Å². The van der Waals surface area contributed by atoms with Gasteiger partial charge < -0.3 is 20.1 Å². The summed E-state index contributed by atoms with van der Waals surface area (Å²) >= 11 is 0. The Morgan fingerprint density at radius 1 is 1.45 bits per heavy atom. The Kier molecular flexibility index (Phi) is 5.25. The molecule has 0 spiro atoms. The maximum atomic E-state index is 12.4. The van der Waals surface area contributed by atoms with Crippen molar-refractivity contribution in [3.63, 3.8) is 0 Å². The van der Waals surface area contributed by atoms with E-state index in [4.69, 9.17) is 4.74 Å². The van der Waals surface area contributed by atoms with Gasteiger partial charge in [-0.1, -0.05) is 12.1 Å². The van der Waals surface area contributed by atoms with Crippen LogP contribution in [0.15, 0.2) is 24.3 Å². The van der Waals surface area contributed by atoms with E-state index in [0.717, 1.165) is 0 Å². The fraction of sp³-hybridized carbons (Fsp3) is 0.500. The van der Waals surface area contributed by atoms with Crippen molar-refractivity contribution in [3.8, 4) is 5.75 Å². The van der Waals surface area contributed by atoms with Gasteiger partial charge in [-0.15, -0.1) is 0 Å². The third kappa shape index (κ3) is 4.11. The summed E-state index contributed by atoms with van der Waals surface area (Å²) in [6, 6.07) is 5.57. The molecule has 0 bridgehead atoms. The average molecular weight is 328 g/mol. The predicted molar refractivity (Wildman–Crippen MR) is 82.8 cm³/mol. The average Bonchev–Trinajstić information content (AvgIpc) is 2.82. The summed E-state index contributed by atoms with van der Waals surface area (Å²) in [7, 11) is -1.57. The van der Waals surface area contributed by atoms with Gasteiger partial charge in [0.15, 0.2) is 9.84 Å². The Hall–Kier alpha value is -1.80. The Morgan fingerprint density at radius 3 is 2.77 bits per heavy atom. The van der Waals surface area contributed by atoms with Crippen LogP contribution in [0.5, 0.6) is 5.75 Å². The molecule has 2 N–H and O–H groups in total. The zero-order chi connectivity index (χ0) is 16.2. The minimum Gasteiger partial charge on any atom is -0.506 e. The number of nitrogens with zero attached hydrogens (tertiary/aromatic N) is 1. The van der Waals surface area contributed by atoms with Crippen LogP contribution in [0.4, 0.5) is 10.5 Å². The Bertz CT molecular complexity index is 632. The summed E-state index contributed by atoms with van der Waals surface area (Å²) in [6.07, 6.45) is 0.417. The van der Waals surface area contributed by atoms with Crippen molar-refractivity contribution in [2.45, 2.75) is 12.5 Å². The van der Waals surface area contributed by atoms with E-state index in [0.29, 0.717) is 13.0 Å². The van der Waals surface area contributed by atoms with Gasteiger partial charge in [0.2, 0.25) is 0 Å². The summed E-state index contributed by atoms with van der Waals surface area (Å²) in [6.45, 7) is 0.598. The van der Waals surface area contributed by atoms with Crippen molar-refractivity contribution in [2.75, 3.05) is 37.1 Å². The highest BCUT2D eigenvalue weighted by molar-refractivity contribution is 7.91. The number of phenolic OH excluding ortho intramolecular Hbond substituents is 1. The number of phenols is 1. The summed E-state index contributed by atoms with van der Waals surface area (Å²) in [4.78, 5) is 13.9. The molecule has 1 aromatic rings. The van der Waals surface area contributed by atoms with Gasteiger partial charge in [-0.3, -0.25) is 0 Å². The highest BCUT2D eigenvalue weighted by Gasteiger charge is 2.34. The van der Waals surface area contributed by atoms with Gasteiger partial charge in [-0.25, -0.2) is 13.2 Å². The number of nitrogens with one attached hydrogen (secondary N) is 1. The molecule has 2 amide bonds. The lowest BCUT2D eigenvalue weighted by molar-refractivity contribution is 0.140. The highest BCUT2D eigenvalue weighted by atomic mass is 32.2. The maximum absolute atomic E-state index is 12.4. The number of hydrogen-bond acceptors (Lipinski definition) is 5. The van der Waals surface area contributed by atoms with E-state index in [1.165, 1.54) is 18.1 Å². The second-order valence-electron chi connectivity index (χ2n) is 5.19. The largest absolute Gasteiger partial charge is 0.506 e. The number of amides is 2. The first-order chi connectivity index (χ1) is 10.4. The predicted octanol–water partition coefficient (Wildman–Crippen LogP) is 1.06. The second-order valence-corrected chi connectivity index (χ2v) is 7.42. The molecule has 0 aliphatic carbocycles. The Morgan fingerprint density at radius 2 is 2.18 bits per heavy atom. The minimum atomic E-state index is -3.09. The zero-order valence-electron chi connectivity index (χ0n) is 12.4. The first-order valence-corrected chi connectivity index (χ1v) is 8.80. The summed E-state index contributed by atoms with van der Waals surface area (Å²) in [5.74, 6) is 0.0113. The molecule has 1 saturated heterocycles. The number of sulfone groups is 1. The van der Waals surface area contributed by atoms with E-state index in [9.17, 15) is 18.3 Å². The zero-order valence-corrected chi connectivity index (χ0v) is 13.2. The second kappa shape index (κ2) is 6.97. The van der Waals surface area contributed by atoms with Crippen LogP contribution in [-0.4, -0.2) is 62.3 Å². The Labute approximate surface area is 129 Å². The first-order valence-electron chi connectivity index (χ1n) is 6.98. The van der Waals surface area contributed by atoms with Crippen LogP contribution in [0.25, 0.3) is 0 Å². The third-order valence-electron chi connectivity index (χ3n) is 3.59. The number of benzene rings is 1. The van der Waals surface area contributed by atoms with E-state index >= 15 is 0 Å². The van der Waals surface area contributed by atoms with E-state index in [2.05, 4.69) is 5.32 Å². The smallest absolute Gasteiger partial charge is 0.322 e. The molecular weight excluding hydrogens is 308 g/mol. The van der Waals surface area contributed by atoms with Gasteiger partial charge in [0.05, 0.1) is 23.8 Å². The van der Waals surface area contributed by atoms with Gasteiger partial charge in [-0.2, -0.15) is 0 Å². The van der Waals surface area contributed by atoms with Crippen LogP contribution >= 0.6 is 0 Å². The van der Waals surface area contributed by atoms with Gasteiger partial charge in [-0.05, 0) is 18.6 Å². The van der Waals surface area contributed by atoms with Crippen LogP contribution in [0.1, 0.15) is 6.42 Å². The molecule has 7 nitrogen and oxygen atoms in total. The topological polar surface area (TPSA) is 95.9 Å². The number of ether oxygens (including phenoxy) is 1.